The van der Waals surface area contributed by atoms with Crippen LogP contribution in [0.25, 0.3) is 6.08 Å². The Morgan fingerprint density at radius 2 is 2.09 bits per heavy atom. The molecule has 0 amide bonds. The van der Waals surface area contributed by atoms with Gasteiger partial charge in [-0.05, 0) is 37.3 Å². The minimum Gasteiger partial charge on any atom is -0.486 e. The van der Waals surface area contributed by atoms with Gasteiger partial charge in [-0.25, -0.2) is 4.79 Å². The number of esters is 1. The highest BCUT2D eigenvalue weighted by Crippen LogP contribution is 2.30. The van der Waals surface area contributed by atoms with Crippen molar-refractivity contribution in [3.63, 3.8) is 0 Å². The number of carbonyl (C=O) groups is 1. The van der Waals surface area contributed by atoms with Gasteiger partial charge in [-0.2, -0.15) is 0 Å². The molecule has 5 heteroatoms. The van der Waals surface area contributed by atoms with Gasteiger partial charge in [-0.15, -0.1) is 0 Å². The van der Waals surface area contributed by atoms with Crippen molar-refractivity contribution in [1.82, 2.24) is 0 Å². The molecule has 0 saturated heterocycles. The number of rotatable bonds is 4. The first kappa shape index (κ1) is 14.3. The molecule has 3 rings (SSSR count). The zero-order chi connectivity index (χ0) is 15.4. The molecule has 0 bridgehead atoms. The minimum absolute atomic E-state index is 0.134. The molecular weight excluding hydrogens is 284 g/mol. The summed E-state index contributed by atoms with van der Waals surface area (Å²) >= 11 is 0. The smallest absolute Gasteiger partial charge is 0.331 e. The molecule has 0 radical (unpaired) electrons. The molecule has 114 valence electrons. The monoisotopic (exact) mass is 300 g/mol. The molecule has 2 heterocycles. The van der Waals surface area contributed by atoms with E-state index >= 15 is 0 Å². The summed E-state index contributed by atoms with van der Waals surface area (Å²) in [5.74, 6) is 2.33. The zero-order valence-electron chi connectivity index (χ0n) is 12.2. The molecule has 5 nitrogen and oxygen atoms in total. The fraction of sp³-hybridized carbons (Fsp3) is 0.235. The Balaban J connectivity index is 1.49. The van der Waals surface area contributed by atoms with Gasteiger partial charge in [-0.3, -0.25) is 0 Å². The van der Waals surface area contributed by atoms with Crippen molar-refractivity contribution in [2.75, 3.05) is 13.2 Å². The van der Waals surface area contributed by atoms with Crippen molar-refractivity contribution < 1.29 is 23.4 Å². The van der Waals surface area contributed by atoms with Crippen LogP contribution in [0.2, 0.25) is 0 Å². The predicted molar refractivity (Wildman–Crippen MR) is 79.8 cm³/mol. The maximum absolute atomic E-state index is 11.7. The third-order valence-electron chi connectivity index (χ3n) is 3.12. The Morgan fingerprint density at radius 1 is 1.27 bits per heavy atom. The molecule has 0 fully saturated rings. The zero-order valence-corrected chi connectivity index (χ0v) is 12.2. The summed E-state index contributed by atoms with van der Waals surface area (Å²) < 4.78 is 21.7. The van der Waals surface area contributed by atoms with E-state index in [2.05, 4.69) is 0 Å². The topological polar surface area (TPSA) is 57.9 Å². The van der Waals surface area contributed by atoms with E-state index in [-0.39, 0.29) is 12.7 Å². The number of furan rings is 1. The van der Waals surface area contributed by atoms with E-state index in [1.54, 1.807) is 12.1 Å². The number of para-hydroxylation sites is 2. The fourth-order valence-corrected chi connectivity index (χ4v) is 2.06. The van der Waals surface area contributed by atoms with Gasteiger partial charge < -0.3 is 18.6 Å². The number of benzene rings is 1. The van der Waals surface area contributed by atoms with Crippen molar-refractivity contribution in [3.05, 3.63) is 54.0 Å². The number of aryl methyl sites for hydroxylation is 1. The number of hydrogen-bond acceptors (Lipinski definition) is 5. The Kier molecular flexibility index (Phi) is 4.14. The molecule has 1 unspecified atom stereocenters. The fourth-order valence-electron chi connectivity index (χ4n) is 2.06. The summed E-state index contributed by atoms with van der Waals surface area (Å²) in [6.45, 7) is 2.33. The van der Waals surface area contributed by atoms with Crippen LogP contribution in [0, 0.1) is 6.92 Å². The van der Waals surface area contributed by atoms with Crippen LogP contribution in [0.1, 0.15) is 11.5 Å². The van der Waals surface area contributed by atoms with Gasteiger partial charge in [0.1, 0.15) is 24.7 Å². The van der Waals surface area contributed by atoms with E-state index in [1.807, 2.05) is 37.3 Å². The standard InChI is InChI=1S/C17H16O5/c1-12-6-7-13(21-12)8-9-17(18)20-11-14-10-19-15-4-2-3-5-16(15)22-14/h2-9,14H,10-11H2,1H3. The molecular formula is C17H16O5. The number of fused-ring (bicyclic) bond motifs is 1. The molecule has 1 aromatic heterocycles. The first-order valence-corrected chi connectivity index (χ1v) is 7.00. The van der Waals surface area contributed by atoms with E-state index in [0.717, 1.165) is 5.76 Å². The van der Waals surface area contributed by atoms with Crippen LogP contribution in [-0.4, -0.2) is 25.3 Å². The maximum atomic E-state index is 11.7. The lowest BCUT2D eigenvalue weighted by atomic mass is 10.3. The molecule has 0 N–H and O–H groups in total. The largest absolute Gasteiger partial charge is 0.486 e. The Labute approximate surface area is 128 Å². The van der Waals surface area contributed by atoms with Gasteiger partial charge in [0, 0.05) is 6.08 Å². The van der Waals surface area contributed by atoms with Crippen molar-refractivity contribution in [2.45, 2.75) is 13.0 Å². The Bertz CT molecular complexity index is 686. The van der Waals surface area contributed by atoms with Crippen LogP contribution in [0.4, 0.5) is 0 Å². The second-order valence-electron chi connectivity index (χ2n) is 4.91. The average molecular weight is 300 g/mol. The Morgan fingerprint density at radius 3 is 2.86 bits per heavy atom. The van der Waals surface area contributed by atoms with Crippen LogP contribution in [0.15, 0.2) is 46.9 Å². The second-order valence-corrected chi connectivity index (χ2v) is 4.91. The lowest BCUT2D eigenvalue weighted by molar-refractivity contribution is -0.140. The summed E-state index contributed by atoms with van der Waals surface area (Å²) in [6.07, 6.45) is 2.59. The maximum Gasteiger partial charge on any atom is 0.331 e. The van der Waals surface area contributed by atoms with E-state index < -0.39 is 5.97 Å². The number of hydrogen-bond donors (Lipinski definition) is 0. The van der Waals surface area contributed by atoms with Gasteiger partial charge in [0.15, 0.2) is 17.6 Å². The summed E-state index contributed by atoms with van der Waals surface area (Å²) in [5.41, 5.74) is 0. The Hall–Kier alpha value is -2.69. The average Bonchev–Trinajstić information content (AvgIpc) is 2.96. The third-order valence-corrected chi connectivity index (χ3v) is 3.12. The van der Waals surface area contributed by atoms with E-state index in [0.29, 0.717) is 23.9 Å². The second kappa shape index (κ2) is 6.39. The van der Waals surface area contributed by atoms with Gasteiger partial charge in [0.25, 0.3) is 0 Å². The van der Waals surface area contributed by atoms with Gasteiger partial charge in [0.2, 0.25) is 0 Å². The van der Waals surface area contributed by atoms with Crippen molar-refractivity contribution in [2.24, 2.45) is 0 Å². The predicted octanol–water partition coefficient (Wildman–Crippen LogP) is 2.98. The highest BCUT2D eigenvalue weighted by atomic mass is 16.6. The van der Waals surface area contributed by atoms with Crippen molar-refractivity contribution in [1.29, 1.82) is 0 Å². The first-order valence-electron chi connectivity index (χ1n) is 7.00. The third kappa shape index (κ3) is 3.49. The minimum atomic E-state index is -0.448. The quantitative estimate of drug-likeness (QED) is 0.642. The first-order chi connectivity index (χ1) is 10.7. The van der Waals surface area contributed by atoms with Gasteiger partial charge in [-0.1, -0.05) is 12.1 Å². The number of ether oxygens (including phenoxy) is 3. The normalized spacial score (nSPS) is 16.7. The molecule has 1 atom stereocenters. The molecule has 1 aliphatic rings. The SMILES string of the molecule is Cc1ccc(C=CC(=O)OCC2COc3ccccc3O2)o1. The van der Waals surface area contributed by atoms with Crippen LogP contribution in [-0.2, 0) is 9.53 Å². The van der Waals surface area contributed by atoms with E-state index in [1.165, 1.54) is 6.08 Å². The molecule has 1 aromatic carbocycles. The lowest BCUT2D eigenvalue weighted by Gasteiger charge is -2.25. The molecule has 0 spiro atoms. The van der Waals surface area contributed by atoms with Crippen molar-refractivity contribution >= 4 is 12.0 Å². The van der Waals surface area contributed by atoms with Crippen molar-refractivity contribution in [3.8, 4) is 11.5 Å². The van der Waals surface area contributed by atoms with Gasteiger partial charge in [0.05, 0.1) is 0 Å². The highest BCUT2D eigenvalue weighted by Gasteiger charge is 2.21. The van der Waals surface area contributed by atoms with E-state index in [4.69, 9.17) is 18.6 Å². The van der Waals surface area contributed by atoms with E-state index in [9.17, 15) is 4.79 Å². The van der Waals surface area contributed by atoms with Crippen LogP contribution in [0.5, 0.6) is 11.5 Å². The summed E-state index contributed by atoms with van der Waals surface area (Å²) in [6, 6.07) is 11.0. The van der Waals surface area contributed by atoms with Crippen LogP contribution < -0.4 is 9.47 Å². The molecule has 2 aromatic rings. The van der Waals surface area contributed by atoms with Crippen LogP contribution in [0.3, 0.4) is 0 Å². The molecule has 22 heavy (non-hydrogen) atoms. The van der Waals surface area contributed by atoms with Crippen LogP contribution >= 0.6 is 0 Å². The highest BCUT2D eigenvalue weighted by molar-refractivity contribution is 5.86. The molecule has 0 aliphatic carbocycles. The summed E-state index contributed by atoms with van der Waals surface area (Å²) in [5, 5.41) is 0. The molecule has 0 saturated carbocycles. The summed E-state index contributed by atoms with van der Waals surface area (Å²) in [4.78, 5) is 11.7. The molecule has 1 aliphatic heterocycles. The lowest BCUT2D eigenvalue weighted by Crippen LogP contribution is -2.34. The van der Waals surface area contributed by atoms with Gasteiger partial charge >= 0.3 is 5.97 Å². The number of carbonyl (C=O) groups excluding carboxylic acids is 1. The summed E-state index contributed by atoms with van der Waals surface area (Å²) in [7, 11) is 0.